The number of benzene rings is 5. The zero-order chi connectivity index (χ0) is 37.4. The first-order valence-corrected chi connectivity index (χ1v) is 18.2. The number of rotatable bonds is 13. The first-order chi connectivity index (χ1) is 26.4. The minimum absolute atomic E-state index is 0.0205. The molecule has 270 valence electrons. The van der Waals surface area contributed by atoms with E-state index in [2.05, 4.69) is 125 Å². The molecule has 0 atom stereocenters. The molecule has 0 bridgehead atoms. The lowest BCUT2D eigenvalue weighted by Crippen LogP contribution is -2.33. The van der Waals surface area contributed by atoms with Crippen molar-refractivity contribution in [1.29, 1.82) is 0 Å². The van der Waals surface area contributed by atoms with Crippen molar-refractivity contribution in [2.24, 2.45) is 10.2 Å². The number of aryl methyl sites for hydroxylation is 1. The standard InChI is InChI=1S/C43H42N10O/c1-5-52(6-2)39-21-17-34-26-33-16-18-36(27-40(33)53(41(34)28-39)38-10-8-7-9-11-38)48-47-35-19-22-37(23-20-35)51(4)25-24-42(54)44-29-31-12-14-32(15-13-31)43-49-45-30(3)46-50-43/h7-23,26-28H,5-6,24-25,29H2,1-4H3/p+1. The maximum atomic E-state index is 12.7. The second-order valence-electron chi connectivity index (χ2n) is 13.1. The van der Waals surface area contributed by atoms with Gasteiger partial charge in [-0.05, 0) is 80.9 Å². The van der Waals surface area contributed by atoms with E-state index in [9.17, 15) is 4.79 Å². The van der Waals surface area contributed by atoms with Gasteiger partial charge in [0.15, 0.2) is 5.82 Å². The van der Waals surface area contributed by atoms with Crippen LogP contribution in [0.4, 0.5) is 22.7 Å². The molecule has 11 nitrogen and oxygen atoms in total. The van der Waals surface area contributed by atoms with Gasteiger partial charge in [0.2, 0.25) is 28.5 Å². The number of nitrogens with zero attached hydrogens (tertiary/aromatic N) is 9. The van der Waals surface area contributed by atoms with E-state index in [0.717, 1.165) is 63.4 Å². The van der Waals surface area contributed by atoms with Crippen molar-refractivity contribution >= 4 is 50.5 Å². The van der Waals surface area contributed by atoms with E-state index >= 15 is 0 Å². The summed E-state index contributed by atoms with van der Waals surface area (Å²) in [7, 11) is 1.98. The van der Waals surface area contributed by atoms with E-state index in [4.69, 9.17) is 0 Å². The lowest BCUT2D eigenvalue weighted by molar-refractivity contribution is -0.537. The summed E-state index contributed by atoms with van der Waals surface area (Å²) in [4.78, 5) is 17.1. The van der Waals surface area contributed by atoms with Crippen molar-refractivity contribution in [3.63, 3.8) is 0 Å². The molecule has 1 N–H and O–H groups in total. The molecule has 0 fully saturated rings. The Hall–Kier alpha value is -6.62. The molecule has 0 aliphatic rings. The molecule has 2 heterocycles. The van der Waals surface area contributed by atoms with Gasteiger partial charge >= 0.3 is 0 Å². The van der Waals surface area contributed by atoms with Gasteiger partial charge in [0.1, 0.15) is 0 Å². The molecule has 7 rings (SSSR count). The van der Waals surface area contributed by atoms with E-state index in [1.54, 1.807) is 6.92 Å². The Labute approximate surface area is 315 Å². The normalized spacial score (nSPS) is 11.3. The summed E-state index contributed by atoms with van der Waals surface area (Å²) in [5, 5.41) is 30.6. The van der Waals surface area contributed by atoms with Gasteiger partial charge in [-0.25, -0.2) is 0 Å². The van der Waals surface area contributed by atoms with Crippen LogP contribution in [0.5, 0.6) is 0 Å². The van der Waals surface area contributed by atoms with Crippen molar-refractivity contribution in [2.45, 2.75) is 33.7 Å². The largest absolute Gasteiger partial charge is 0.374 e. The average molecular weight is 716 g/mol. The van der Waals surface area contributed by atoms with Crippen LogP contribution in [0.15, 0.2) is 132 Å². The molecule has 2 aromatic heterocycles. The van der Waals surface area contributed by atoms with E-state index in [1.807, 2.05) is 67.7 Å². The second kappa shape index (κ2) is 16.4. The summed E-state index contributed by atoms with van der Waals surface area (Å²) in [6.45, 7) is 9.02. The Morgan fingerprint density at radius 1 is 0.704 bits per heavy atom. The Balaban J connectivity index is 0.998. The maximum absolute atomic E-state index is 12.7. The van der Waals surface area contributed by atoms with Crippen LogP contribution in [-0.4, -0.2) is 53.0 Å². The number of azo groups is 1. The van der Waals surface area contributed by atoms with E-state index in [0.29, 0.717) is 31.2 Å². The highest BCUT2D eigenvalue weighted by molar-refractivity contribution is 5.92. The second-order valence-corrected chi connectivity index (χ2v) is 13.1. The third-order valence-corrected chi connectivity index (χ3v) is 9.49. The summed E-state index contributed by atoms with van der Waals surface area (Å²) < 4.78 is 2.32. The first kappa shape index (κ1) is 35.8. The molecule has 54 heavy (non-hydrogen) atoms. The SMILES string of the molecule is CCN(CC)c1ccc2cc3ccc(N=Nc4ccc(N(C)CCC(=O)NCc5ccc(-c6nnc(C)nn6)cc5)cc4)cc3[n+](-c3ccccc3)c2c1. The molecule has 0 aliphatic carbocycles. The zero-order valence-electron chi connectivity index (χ0n) is 31.0. The number of nitrogens with one attached hydrogen (secondary N) is 1. The molecule has 0 unspecified atom stereocenters. The molecule has 0 saturated carbocycles. The number of hydrogen-bond donors (Lipinski definition) is 1. The topological polar surface area (TPSA) is 116 Å². The molecular formula is C43H43N10O+. The highest BCUT2D eigenvalue weighted by Crippen LogP contribution is 2.29. The summed E-state index contributed by atoms with van der Waals surface area (Å²) in [5.41, 5.74) is 8.80. The van der Waals surface area contributed by atoms with Crippen molar-refractivity contribution < 1.29 is 9.36 Å². The van der Waals surface area contributed by atoms with Crippen molar-refractivity contribution in [3.8, 4) is 17.1 Å². The maximum Gasteiger partial charge on any atom is 0.222 e. The average Bonchev–Trinajstić information content (AvgIpc) is 3.22. The fraction of sp³-hybridized carbons (Fsp3) is 0.209. The van der Waals surface area contributed by atoms with E-state index < -0.39 is 0 Å². The van der Waals surface area contributed by atoms with Crippen LogP contribution >= 0.6 is 0 Å². The smallest absolute Gasteiger partial charge is 0.222 e. The number of fused-ring (bicyclic) bond motifs is 2. The Morgan fingerprint density at radius 3 is 2.04 bits per heavy atom. The van der Waals surface area contributed by atoms with Crippen LogP contribution in [0, 0.1) is 6.92 Å². The van der Waals surface area contributed by atoms with Gasteiger partial charge in [-0.3, -0.25) is 4.79 Å². The van der Waals surface area contributed by atoms with Crippen molar-refractivity contribution in [1.82, 2.24) is 25.7 Å². The minimum Gasteiger partial charge on any atom is -0.374 e. The lowest BCUT2D eigenvalue weighted by Gasteiger charge is -2.21. The van der Waals surface area contributed by atoms with Crippen LogP contribution in [0.3, 0.4) is 0 Å². The van der Waals surface area contributed by atoms with Crippen LogP contribution in [0.25, 0.3) is 38.9 Å². The fourth-order valence-electron chi connectivity index (χ4n) is 6.44. The van der Waals surface area contributed by atoms with Gasteiger partial charge in [-0.1, -0.05) is 42.5 Å². The van der Waals surface area contributed by atoms with Crippen molar-refractivity contribution in [2.75, 3.05) is 36.5 Å². The predicted molar refractivity (Wildman–Crippen MR) is 215 cm³/mol. The monoisotopic (exact) mass is 715 g/mol. The van der Waals surface area contributed by atoms with E-state index in [-0.39, 0.29) is 5.91 Å². The molecule has 0 spiro atoms. The number of carbonyl (C=O) groups excluding carboxylic acids is 1. The fourth-order valence-corrected chi connectivity index (χ4v) is 6.44. The molecule has 1 amide bonds. The summed E-state index contributed by atoms with van der Waals surface area (Å²) in [6, 6.07) is 41.2. The number of carbonyl (C=O) groups is 1. The Kier molecular flexibility index (Phi) is 10.8. The molecule has 0 aliphatic heterocycles. The van der Waals surface area contributed by atoms with Crippen molar-refractivity contribution in [3.05, 3.63) is 133 Å². The van der Waals surface area contributed by atoms with Gasteiger partial charge in [-0.15, -0.1) is 20.4 Å². The number of aromatic nitrogens is 5. The molecule has 5 aromatic carbocycles. The van der Waals surface area contributed by atoms with Gasteiger partial charge in [-0.2, -0.15) is 14.8 Å². The number of hydrogen-bond acceptors (Lipinski definition) is 9. The molecule has 0 radical (unpaired) electrons. The van der Waals surface area contributed by atoms with Gasteiger partial charge in [0, 0.05) is 91.6 Å². The number of para-hydroxylation sites is 1. The summed E-state index contributed by atoms with van der Waals surface area (Å²) >= 11 is 0. The lowest BCUT2D eigenvalue weighted by atomic mass is 10.1. The van der Waals surface area contributed by atoms with Crippen LogP contribution in [0.2, 0.25) is 0 Å². The molecule has 0 saturated heterocycles. The zero-order valence-corrected chi connectivity index (χ0v) is 31.0. The molecule has 11 heteroatoms. The highest BCUT2D eigenvalue weighted by Gasteiger charge is 2.20. The highest BCUT2D eigenvalue weighted by atomic mass is 16.1. The number of anilines is 2. The summed E-state index contributed by atoms with van der Waals surface area (Å²) in [6.07, 6.45) is 0.363. The van der Waals surface area contributed by atoms with Crippen LogP contribution in [-0.2, 0) is 11.3 Å². The quantitative estimate of drug-likeness (QED) is 0.0727. The number of amides is 1. The minimum atomic E-state index is -0.0205. The summed E-state index contributed by atoms with van der Waals surface area (Å²) in [5.74, 6) is 0.972. The Morgan fingerprint density at radius 2 is 1.33 bits per heavy atom. The first-order valence-electron chi connectivity index (χ1n) is 18.2. The third kappa shape index (κ3) is 8.20. The van der Waals surface area contributed by atoms with Crippen LogP contribution < -0.4 is 19.7 Å². The van der Waals surface area contributed by atoms with Gasteiger partial charge < -0.3 is 15.1 Å². The molecular weight excluding hydrogens is 673 g/mol. The third-order valence-electron chi connectivity index (χ3n) is 9.49. The Bertz CT molecular complexity index is 2390. The predicted octanol–water partition coefficient (Wildman–Crippen LogP) is 8.23. The van der Waals surface area contributed by atoms with Gasteiger partial charge in [0.25, 0.3) is 0 Å². The molecule has 7 aromatic rings. The van der Waals surface area contributed by atoms with Crippen LogP contribution in [0.1, 0.15) is 31.7 Å². The number of pyridine rings is 1. The van der Waals surface area contributed by atoms with E-state index in [1.165, 1.54) is 11.1 Å². The van der Waals surface area contributed by atoms with Gasteiger partial charge in [0.05, 0.1) is 11.4 Å².